The van der Waals surface area contributed by atoms with E-state index in [1.807, 2.05) is 48.5 Å². The first-order valence-electron chi connectivity index (χ1n) is 8.09. The van der Waals surface area contributed by atoms with Crippen molar-refractivity contribution in [2.45, 2.75) is 13.8 Å². The lowest BCUT2D eigenvalue weighted by atomic mass is 10.1. The van der Waals surface area contributed by atoms with Crippen molar-refractivity contribution >= 4 is 23.2 Å². The van der Waals surface area contributed by atoms with E-state index >= 15 is 0 Å². The van der Waals surface area contributed by atoms with Crippen LogP contribution >= 0.6 is 0 Å². The Balaban J connectivity index is 1.75. The zero-order valence-electron chi connectivity index (χ0n) is 14.5. The molecule has 0 bridgehead atoms. The first kappa shape index (κ1) is 17.3. The van der Waals surface area contributed by atoms with Crippen LogP contribution in [0.1, 0.15) is 13.8 Å². The minimum Gasteiger partial charge on any atom is -0.326 e. The van der Waals surface area contributed by atoms with Gasteiger partial charge in [-0.3, -0.25) is 9.59 Å². The Morgan fingerprint density at radius 1 is 0.654 bits per heavy atom. The van der Waals surface area contributed by atoms with Gasteiger partial charge in [0.15, 0.2) is 5.82 Å². The van der Waals surface area contributed by atoms with Crippen LogP contribution in [-0.2, 0) is 9.59 Å². The molecule has 0 fully saturated rings. The van der Waals surface area contributed by atoms with Gasteiger partial charge in [-0.2, -0.15) is 0 Å². The van der Waals surface area contributed by atoms with Gasteiger partial charge in [-0.25, -0.2) is 9.97 Å². The van der Waals surface area contributed by atoms with Gasteiger partial charge >= 0.3 is 0 Å². The summed E-state index contributed by atoms with van der Waals surface area (Å²) in [6.07, 6.45) is 3.52. The standard InChI is InChI=1S/C20H18N4O2/c1-13(25)23-18-7-3-15(4-8-18)17-11-21-20(22-12-17)16-5-9-19(10-6-16)24-14(2)26/h3-12H,1-2H3,(H,23,25)(H,24,26). The summed E-state index contributed by atoms with van der Waals surface area (Å²) in [6, 6.07) is 14.9. The third-order valence-corrected chi connectivity index (χ3v) is 3.65. The van der Waals surface area contributed by atoms with Gasteiger partial charge in [-0.15, -0.1) is 0 Å². The highest BCUT2D eigenvalue weighted by atomic mass is 16.2. The smallest absolute Gasteiger partial charge is 0.221 e. The molecule has 0 atom stereocenters. The number of benzene rings is 2. The first-order chi connectivity index (χ1) is 12.5. The number of rotatable bonds is 4. The maximum atomic E-state index is 11.1. The summed E-state index contributed by atoms with van der Waals surface area (Å²) in [5.41, 5.74) is 4.20. The number of nitrogens with zero attached hydrogens (tertiary/aromatic N) is 2. The van der Waals surface area contributed by atoms with Crippen molar-refractivity contribution in [2.75, 3.05) is 10.6 Å². The molecule has 0 spiro atoms. The number of nitrogens with one attached hydrogen (secondary N) is 2. The number of aromatic nitrogens is 2. The van der Waals surface area contributed by atoms with E-state index in [1.165, 1.54) is 13.8 Å². The van der Waals surface area contributed by atoms with E-state index < -0.39 is 0 Å². The molecule has 1 aromatic heterocycles. The van der Waals surface area contributed by atoms with Gasteiger partial charge in [-0.1, -0.05) is 12.1 Å². The second-order valence-electron chi connectivity index (χ2n) is 5.81. The predicted octanol–water partition coefficient (Wildman–Crippen LogP) is 3.73. The lowest BCUT2D eigenvalue weighted by Gasteiger charge is -2.06. The third kappa shape index (κ3) is 4.30. The zero-order valence-corrected chi connectivity index (χ0v) is 14.5. The molecule has 0 saturated carbocycles. The van der Waals surface area contributed by atoms with Crippen LogP contribution in [0.5, 0.6) is 0 Å². The molecule has 6 nitrogen and oxygen atoms in total. The molecule has 2 amide bonds. The average Bonchev–Trinajstić information content (AvgIpc) is 2.62. The molecule has 3 aromatic rings. The molecule has 3 rings (SSSR count). The van der Waals surface area contributed by atoms with Gasteiger partial charge in [0.2, 0.25) is 11.8 Å². The molecular weight excluding hydrogens is 328 g/mol. The summed E-state index contributed by atoms with van der Waals surface area (Å²) in [5.74, 6) is 0.399. The molecule has 2 aromatic carbocycles. The van der Waals surface area contributed by atoms with E-state index in [4.69, 9.17) is 0 Å². The van der Waals surface area contributed by atoms with E-state index in [1.54, 1.807) is 12.4 Å². The number of amides is 2. The minimum absolute atomic E-state index is 0.102. The molecule has 26 heavy (non-hydrogen) atoms. The SMILES string of the molecule is CC(=O)Nc1ccc(-c2cnc(-c3ccc(NC(C)=O)cc3)nc2)cc1. The molecule has 6 heteroatoms. The Kier molecular flexibility index (Phi) is 5.03. The molecular formula is C20H18N4O2. The second kappa shape index (κ2) is 7.57. The van der Waals surface area contributed by atoms with E-state index in [0.717, 1.165) is 28.1 Å². The average molecular weight is 346 g/mol. The molecule has 2 N–H and O–H groups in total. The topological polar surface area (TPSA) is 84.0 Å². The van der Waals surface area contributed by atoms with Crippen LogP contribution in [-0.4, -0.2) is 21.8 Å². The highest BCUT2D eigenvalue weighted by Gasteiger charge is 2.05. The number of carbonyl (C=O) groups excluding carboxylic acids is 2. The number of anilines is 2. The van der Waals surface area contributed by atoms with Crippen LogP contribution in [0.3, 0.4) is 0 Å². The molecule has 0 saturated heterocycles. The fourth-order valence-electron chi connectivity index (χ4n) is 2.48. The molecule has 0 unspecified atom stereocenters. The minimum atomic E-state index is -0.108. The highest BCUT2D eigenvalue weighted by molar-refractivity contribution is 5.89. The Morgan fingerprint density at radius 3 is 1.50 bits per heavy atom. The van der Waals surface area contributed by atoms with Crippen molar-refractivity contribution in [3.63, 3.8) is 0 Å². The van der Waals surface area contributed by atoms with Gasteiger partial charge in [0.25, 0.3) is 0 Å². The number of hydrogen-bond acceptors (Lipinski definition) is 4. The summed E-state index contributed by atoms with van der Waals surface area (Å²) >= 11 is 0. The van der Waals surface area contributed by atoms with Crippen molar-refractivity contribution in [1.82, 2.24) is 9.97 Å². The highest BCUT2D eigenvalue weighted by Crippen LogP contribution is 2.23. The van der Waals surface area contributed by atoms with E-state index in [-0.39, 0.29) is 11.8 Å². The van der Waals surface area contributed by atoms with Crippen LogP contribution in [0.4, 0.5) is 11.4 Å². The monoisotopic (exact) mass is 346 g/mol. The molecule has 0 aliphatic carbocycles. The molecule has 0 aliphatic heterocycles. The van der Waals surface area contributed by atoms with Gasteiger partial charge in [0, 0.05) is 48.7 Å². The molecule has 1 heterocycles. The number of hydrogen-bond donors (Lipinski definition) is 2. The summed E-state index contributed by atoms with van der Waals surface area (Å²) in [6.45, 7) is 2.95. The fraction of sp³-hybridized carbons (Fsp3) is 0.100. The van der Waals surface area contributed by atoms with Crippen molar-refractivity contribution in [3.8, 4) is 22.5 Å². The Labute approximate surface area is 151 Å². The van der Waals surface area contributed by atoms with Crippen molar-refractivity contribution in [2.24, 2.45) is 0 Å². The van der Waals surface area contributed by atoms with Crippen LogP contribution in [0, 0.1) is 0 Å². The predicted molar refractivity (Wildman–Crippen MR) is 102 cm³/mol. The molecule has 0 aliphatic rings. The Morgan fingerprint density at radius 2 is 1.08 bits per heavy atom. The zero-order chi connectivity index (χ0) is 18.5. The second-order valence-corrected chi connectivity index (χ2v) is 5.81. The van der Waals surface area contributed by atoms with Crippen molar-refractivity contribution in [3.05, 3.63) is 60.9 Å². The summed E-state index contributed by atoms with van der Waals surface area (Å²) in [4.78, 5) is 31.0. The van der Waals surface area contributed by atoms with Crippen LogP contribution in [0.15, 0.2) is 60.9 Å². The van der Waals surface area contributed by atoms with Gasteiger partial charge < -0.3 is 10.6 Å². The third-order valence-electron chi connectivity index (χ3n) is 3.65. The summed E-state index contributed by atoms with van der Waals surface area (Å²) in [5, 5.41) is 5.46. The summed E-state index contributed by atoms with van der Waals surface area (Å²) < 4.78 is 0. The van der Waals surface area contributed by atoms with E-state index in [0.29, 0.717) is 5.82 Å². The van der Waals surface area contributed by atoms with E-state index in [9.17, 15) is 9.59 Å². The Hall–Kier alpha value is -3.54. The van der Waals surface area contributed by atoms with Crippen LogP contribution < -0.4 is 10.6 Å². The fourth-order valence-corrected chi connectivity index (χ4v) is 2.48. The van der Waals surface area contributed by atoms with Crippen LogP contribution in [0.2, 0.25) is 0 Å². The Bertz CT molecular complexity index is 839. The van der Waals surface area contributed by atoms with Crippen LogP contribution in [0.25, 0.3) is 22.5 Å². The number of carbonyl (C=O) groups is 2. The van der Waals surface area contributed by atoms with E-state index in [2.05, 4.69) is 20.6 Å². The largest absolute Gasteiger partial charge is 0.326 e. The molecule has 0 radical (unpaired) electrons. The lowest BCUT2D eigenvalue weighted by molar-refractivity contribution is -0.115. The van der Waals surface area contributed by atoms with Gasteiger partial charge in [0.1, 0.15) is 0 Å². The first-order valence-corrected chi connectivity index (χ1v) is 8.09. The van der Waals surface area contributed by atoms with Gasteiger partial charge in [0.05, 0.1) is 0 Å². The normalized spacial score (nSPS) is 10.2. The maximum absolute atomic E-state index is 11.1. The maximum Gasteiger partial charge on any atom is 0.221 e. The molecule has 130 valence electrons. The summed E-state index contributed by atoms with van der Waals surface area (Å²) in [7, 11) is 0. The van der Waals surface area contributed by atoms with Crippen molar-refractivity contribution in [1.29, 1.82) is 0 Å². The van der Waals surface area contributed by atoms with Crippen molar-refractivity contribution < 1.29 is 9.59 Å². The quantitative estimate of drug-likeness (QED) is 0.754. The lowest BCUT2D eigenvalue weighted by Crippen LogP contribution is -2.05. The van der Waals surface area contributed by atoms with Gasteiger partial charge in [-0.05, 0) is 42.0 Å².